The van der Waals surface area contributed by atoms with Gasteiger partial charge in [0.2, 0.25) is 5.91 Å². The fourth-order valence-electron chi connectivity index (χ4n) is 2.86. The predicted octanol–water partition coefficient (Wildman–Crippen LogP) is 5.16. The lowest BCUT2D eigenvalue weighted by Crippen LogP contribution is -2.42. The van der Waals surface area contributed by atoms with Gasteiger partial charge < -0.3 is 5.32 Å². The van der Waals surface area contributed by atoms with Crippen molar-refractivity contribution >= 4 is 17.5 Å². The van der Waals surface area contributed by atoms with Crippen LogP contribution in [0, 0.1) is 12.7 Å². The zero-order chi connectivity index (χ0) is 17.7. The Morgan fingerprint density at radius 2 is 1.88 bits per heavy atom. The van der Waals surface area contributed by atoms with E-state index in [1.165, 1.54) is 12.1 Å². The number of hydrogen-bond donors (Lipinski definition) is 1. The lowest BCUT2D eigenvalue weighted by atomic mass is 9.77. The van der Waals surface area contributed by atoms with E-state index < -0.39 is 5.41 Å². The van der Waals surface area contributed by atoms with Gasteiger partial charge in [0.1, 0.15) is 5.82 Å². The van der Waals surface area contributed by atoms with Crippen LogP contribution in [0.2, 0.25) is 5.02 Å². The Morgan fingerprint density at radius 1 is 1.21 bits per heavy atom. The van der Waals surface area contributed by atoms with Gasteiger partial charge in [-0.1, -0.05) is 49.2 Å². The number of hydrogen-bond acceptors (Lipinski definition) is 1. The number of nitrogens with one attached hydrogen (secondary N) is 1. The Labute approximate surface area is 148 Å². The van der Waals surface area contributed by atoms with Crippen LogP contribution >= 0.6 is 11.6 Å². The molecule has 1 unspecified atom stereocenters. The average molecular weight is 348 g/mol. The minimum absolute atomic E-state index is 0.0320. The molecular formula is C20H23ClFNO. The van der Waals surface area contributed by atoms with Crippen LogP contribution < -0.4 is 5.32 Å². The molecule has 0 saturated carbocycles. The minimum atomic E-state index is -0.621. The van der Waals surface area contributed by atoms with Gasteiger partial charge in [-0.05, 0) is 55.2 Å². The summed E-state index contributed by atoms with van der Waals surface area (Å²) in [4.78, 5) is 12.9. The predicted molar refractivity (Wildman–Crippen MR) is 96.7 cm³/mol. The highest BCUT2D eigenvalue weighted by Gasteiger charge is 2.34. The van der Waals surface area contributed by atoms with E-state index in [1.54, 1.807) is 12.1 Å². The molecule has 0 radical (unpaired) electrons. The molecule has 0 aliphatic heterocycles. The molecule has 0 fully saturated rings. The Bertz CT molecular complexity index is 714. The van der Waals surface area contributed by atoms with Crippen molar-refractivity contribution in [2.75, 3.05) is 0 Å². The van der Waals surface area contributed by atoms with E-state index in [4.69, 9.17) is 11.6 Å². The number of carbonyl (C=O) groups is 1. The largest absolute Gasteiger partial charge is 0.351 e. The summed E-state index contributed by atoms with van der Waals surface area (Å²) in [6.45, 7) is 6.34. The molecule has 0 heterocycles. The number of rotatable bonds is 6. The molecule has 2 nitrogen and oxygen atoms in total. The fourth-order valence-corrected chi connectivity index (χ4v) is 2.97. The van der Waals surface area contributed by atoms with Crippen molar-refractivity contribution in [3.63, 3.8) is 0 Å². The highest BCUT2D eigenvalue weighted by molar-refractivity contribution is 6.31. The molecule has 128 valence electrons. The molecule has 0 spiro atoms. The van der Waals surface area contributed by atoms with E-state index in [0.29, 0.717) is 11.6 Å². The van der Waals surface area contributed by atoms with Gasteiger partial charge in [-0.25, -0.2) is 4.39 Å². The first-order valence-electron chi connectivity index (χ1n) is 8.16. The third kappa shape index (κ3) is 4.15. The molecule has 2 aromatic rings. The molecule has 1 amide bonds. The molecule has 1 N–H and O–H groups in total. The van der Waals surface area contributed by atoms with Crippen LogP contribution in [0.25, 0.3) is 0 Å². The van der Waals surface area contributed by atoms with E-state index in [2.05, 4.69) is 12.2 Å². The van der Waals surface area contributed by atoms with Crippen molar-refractivity contribution < 1.29 is 9.18 Å². The Kier molecular flexibility index (Phi) is 6.00. The minimum Gasteiger partial charge on any atom is -0.351 e. The highest BCUT2D eigenvalue weighted by atomic mass is 35.5. The van der Waals surface area contributed by atoms with E-state index >= 15 is 0 Å². The van der Waals surface area contributed by atoms with Crippen molar-refractivity contribution in [1.29, 1.82) is 0 Å². The van der Waals surface area contributed by atoms with E-state index in [-0.39, 0.29) is 11.7 Å². The second-order valence-electron chi connectivity index (χ2n) is 6.36. The summed E-state index contributed by atoms with van der Waals surface area (Å²) < 4.78 is 13.0. The molecule has 0 aliphatic rings. The monoisotopic (exact) mass is 347 g/mol. The third-order valence-electron chi connectivity index (χ3n) is 4.41. The summed E-state index contributed by atoms with van der Waals surface area (Å²) in [7, 11) is 0. The van der Waals surface area contributed by atoms with Crippen molar-refractivity contribution in [2.45, 2.75) is 45.6 Å². The second-order valence-corrected chi connectivity index (χ2v) is 6.76. The van der Waals surface area contributed by atoms with Crippen molar-refractivity contribution in [3.8, 4) is 0 Å². The average Bonchev–Trinajstić information content (AvgIpc) is 2.56. The Hall–Kier alpha value is -1.87. The topological polar surface area (TPSA) is 29.1 Å². The van der Waals surface area contributed by atoms with Gasteiger partial charge in [-0.15, -0.1) is 0 Å². The van der Waals surface area contributed by atoms with E-state index in [9.17, 15) is 9.18 Å². The summed E-state index contributed by atoms with van der Waals surface area (Å²) in [5.74, 6) is -0.312. The number of amides is 1. The summed E-state index contributed by atoms with van der Waals surface area (Å²) in [6.07, 6.45) is 1.63. The van der Waals surface area contributed by atoms with Crippen LogP contribution in [0.1, 0.15) is 43.4 Å². The molecule has 1 atom stereocenters. The van der Waals surface area contributed by atoms with Gasteiger partial charge in [-0.3, -0.25) is 4.79 Å². The molecule has 2 aromatic carbocycles. The zero-order valence-corrected chi connectivity index (χ0v) is 15.1. The lowest BCUT2D eigenvalue weighted by molar-refractivity contribution is -0.126. The normalized spacial score (nSPS) is 13.4. The maximum atomic E-state index is 13.0. The molecular weight excluding hydrogens is 325 g/mol. The SMILES string of the molecule is CCCC(C)(C(=O)NCc1ccc(F)cc1)c1ccc(Cl)c(C)c1. The van der Waals surface area contributed by atoms with Crippen LogP contribution in [-0.2, 0) is 16.8 Å². The van der Waals surface area contributed by atoms with Crippen LogP contribution in [0.5, 0.6) is 0 Å². The zero-order valence-electron chi connectivity index (χ0n) is 14.3. The first kappa shape index (κ1) is 18.5. The summed E-state index contributed by atoms with van der Waals surface area (Å²) in [5.41, 5.74) is 2.17. The summed E-state index contributed by atoms with van der Waals surface area (Å²) >= 11 is 6.11. The van der Waals surface area contributed by atoms with Crippen LogP contribution in [0.3, 0.4) is 0 Å². The lowest BCUT2D eigenvalue weighted by Gasteiger charge is -2.29. The van der Waals surface area contributed by atoms with Crippen molar-refractivity contribution in [3.05, 3.63) is 70.0 Å². The number of benzene rings is 2. The van der Waals surface area contributed by atoms with Gasteiger partial charge >= 0.3 is 0 Å². The molecule has 4 heteroatoms. The Balaban J connectivity index is 2.19. The van der Waals surface area contributed by atoms with Gasteiger partial charge in [0.25, 0.3) is 0 Å². The molecule has 0 saturated heterocycles. The number of aryl methyl sites for hydroxylation is 1. The highest BCUT2D eigenvalue weighted by Crippen LogP contribution is 2.32. The number of carbonyl (C=O) groups excluding carboxylic acids is 1. The maximum absolute atomic E-state index is 13.0. The van der Waals surface area contributed by atoms with Gasteiger partial charge in [-0.2, -0.15) is 0 Å². The van der Waals surface area contributed by atoms with Gasteiger partial charge in [0.15, 0.2) is 0 Å². The van der Waals surface area contributed by atoms with E-state index in [1.807, 2.05) is 32.0 Å². The first-order valence-corrected chi connectivity index (χ1v) is 8.54. The standard InChI is InChI=1S/C20H23ClFNO/c1-4-11-20(3,16-7-10-18(21)14(2)12-16)19(24)23-13-15-5-8-17(22)9-6-15/h5-10,12H,4,11,13H2,1-3H3,(H,23,24). The summed E-state index contributed by atoms with van der Waals surface area (Å²) in [5, 5.41) is 3.68. The van der Waals surface area contributed by atoms with Crippen LogP contribution in [0.4, 0.5) is 4.39 Å². The Morgan fingerprint density at radius 3 is 2.46 bits per heavy atom. The fraction of sp³-hybridized carbons (Fsp3) is 0.350. The molecule has 2 rings (SSSR count). The van der Waals surface area contributed by atoms with Crippen molar-refractivity contribution in [1.82, 2.24) is 5.32 Å². The van der Waals surface area contributed by atoms with Crippen LogP contribution in [0.15, 0.2) is 42.5 Å². The smallest absolute Gasteiger partial charge is 0.230 e. The third-order valence-corrected chi connectivity index (χ3v) is 4.84. The van der Waals surface area contributed by atoms with Gasteiger partial charge in [0, 0.05) is 11.6 Å². The quantitative estimate of drug-likeness (QED) is 0.768. The number of halogens is 2. The molecule has 0 bridgehead atoms. The van der Waals surface area contributed by atoms with Gasteiger partial charge in [0.05, 0.1) is 5.41 Å². The van der Waals surface area contributed by atoms with E-state index in [0.717, 1.165) is 29.5 Å². The first-order chi connectivity index (χ1) is 11.4. The second kappa shape index (κ2) is 7.80. The molecule has 24 heavy (non-hydrogen) atoms. The van der Waals surface area contributed by atoms with Crippen molar-refractivity contribution in [2.24, 2.45) is 0 Å². The maximum Gasteiger partial charge on any atom is 0.230 e. The summed E-state index contributed by atoms with van der Waals surface area (Å²) in [6, 6.07) is 11.9. The van der Waals surface area contributed by atoms with Crippen LogP contribution in [-0.4, -0.2) is 5.91 Å². The molecule has 0 aromatic heterocycles. The molecule has 0 aliphatic carbocycles.